The van der Waals surface area contributed by atoms with Crippen molar-refractivity contribution in [2.45, 2.75) is 20.3 Å². The number of benzene rings is 1. The van der Waals surface area contributed by atoms with Crippen LogP contribution < -0.4 is 10.5 Å². The van der Waals surface area contributed by atoms with E-state index < -0.39 is 0 Å². The van der Waals surface area contributed by atoms with Crippen LogP contribution in [0.15, 0.2) is 18.2 Å². The van der Waals surface area contributed by atoms with Gasteiger partial charge in [0.25, 0.3) is 5.91 Å². The van der Waals surface area contributed by atoms with Crippen LogP contribution in [0.25, 0.3) is 0 Å². The molecular weight excluding hydrogens is 276 g/mol. The molecule has 1 unspecified atom stereocenters. The van der Waals surface area contributed by atoms with Crippen molar-refractivity contribution in [3.8, 4) is 5.75 Å². The van der Waals surface area contributed by atoms with Crippen LogP contribution in [0.4, 0.5) is 0 Å². The highest BCUT2D eigenvalue weighted by Crippen LogP contribution is 2.30. The predicted molar refractivity (Wildman–Crippen MR) is 82.7 cm³/mol. The third kappa shape index (κ3) is 3.25. The first-order valence-corrected chi connectivity index (χ1v) is 6.63. The molecule has 0 spiro atoms. The fraction of sp³-hybridized carbons (Fsp3) is 0.533. The number of hydrogen-bond acceptors (Lipinski definition) is 3. The summed E-state index contributed by atoms with van der Waals surface area (Å²) >= 11 is 0. The van der Waals surface area contributed by atoms with Crippen molar-refractivity contribution in [3.63, 3.8) is 0 Å². The first-order valence-electron chi connectivity index (χ1n) is 6.63. The number of amides is 1. The molecule has 1 saturated heterocycles. The maximum absolute atomic E-state index is 12.5. The number of nitrogens with zero attached hydrogens (tertiary/aromatic N) is 1. The molecule has 0 aromatic heterocycles. The molecule has 1 aromatic carbocycles. The molecule has 0 bridgehead atoms. The molecule has 1 atom stereocenters. The first kappa shape index (κ1) is 16.8. The van der Waals surface area contributed by atoms with E-state index in [9.17, 15) is 4.79 Å². The number of rotatable bonds is 3. The predicted octanol–water partition coefficient (Wildman–Crippen LogP) is 2.24. The summed E-state index contributed by atoms with van der Waals surface area (Å²) in [4.78, 5) is 14.4. The van der Waals surface area contributed by atoms with Crippen LogP contribution >= 0.6 is 12.4 Å². The number of likely N-dealkylation sites (tertiary alicyclic amines) is 1. The number of methoxy groups -OCH3 is 1. The van der Waals surface area contributed by atoms with Crippen molar-refractivity contribution in [2.75, 3.05) is 26.7 Å². The summed E-state index contributed by atoms with van der Waals surface area (Å²) < 4.78 is 5.16. The Labute approximate surface area is 126 Å². The number of ether oxygens (including phenoxy) is 1. The van der Waals surface area contributed by atoms with Crippen molar-refractivity contribution in [3.05, 3.63) is 29.3 Å². The second kappa shape index (κ2) is 6.46. The fourth-order valence-corrected chi connectivity index (χ4v) is 2.54. The average Bonchev–Trinajstić information content (AvgIpc) is 2.81. The van der Waals surface area contributed by atoms with E-state index in [2.05, 4.69) is 6.92 Å². The van der Waals surface area contributed by atoms with Gasteiger partial charge in [0.05, 0.1) is 7.11 Å². The average molecular weight is 299 g/mol. The lowest BCUT2D eigenvalue weighted by molar-refractivity contribution is 0.0776. The second-order valence-corrected chi connectivity index (χ2v) is 5.67. The van der Waals surface area contributed by atoms with Crippen LogP contribution in [0.2, 0.25) is 0 Å². The van der Waals surface area contributed by atoms with Crippen LogP contribution in [0.1, 0.15) is 29.3 Å². The Kier molecular flexibility index (Phi) is 5.42. The third-order valence-corrected chi connectivity index (χ3v) is 4.00. The van der Waals surface area contributed by atoms with E-state index in [0.717, 1.165) is 36.4 Å². The molecule has 0 radical (unpaired) electrons. The molecule has 5 heteroatoms. The van der Waals surface area contributed by atoms with Crippen molar-refractivity contribution < 1.29 is 9.53 Å². The monoisotopic (exact) mass is 298 g/mol. The molecule has 4 nitrogen and oxygen atoms in total. The molecule has 1 aromatic rings. The third-order valence-electron chi connectivity index (χ3n) is 4.00. The van der Waals surface area contributed by atoms with Crippen LogP contribution in [-0.2, 0) is 0 Å². The molecular formula is C15H23ClN2O2. The van der Waals surface area contributed by atoms with E-state index in [4.69, 9.17) is 10.5 Å². The minimum atomic E-state index is 0. The maximum Gasteiger partial charge on any atom is 0.254 e. The molecule has 0 saturated carbocycles. The summed E-state index contributed by atoms with van der Waals surface area (Å²) in [7, 11) is 1.63. The lowest BCUT2D eigenvalue weighted by Crippen LogP contribution is -2.34. The van der Waals surface area contributed by atoms with Gasteiger partial charge >= 0.3 is 0 Å². The number of halogens is 1. The van der Waals surface area contributed by atoms with E-state index in [-0.39, 0.29) is 23.7 Å². The standard InChI is InChI=1S/C15H22N2O2.ClH/c1-11-8-12(19-3)4-5-13(11)14(18)17-7-6-15(2,9-16)10-17;/h4-5,8H,6-7,9-10,16H2,1-3H3;1H. The molecule has 1 heterocycles. The number of aryl methyl sites for hydroxylation is 1. The van der Waals surface area contributed by atoms with Gasteiger partial charge in [0.2, 0.25) is 0 Å². The summed E-state index contributed by atoms with van der Waals surface area (Å²) in [6.45, 7) is 6.24. The Hall–Kier alpha value is -1.26. The Morgan fingerprint density at radius 2 is 2.20 bits per heavy atom. The van der Waals surface area contributed by atoms with Gasteiger partial charge in [-0.05, 0) is 49.1 Å². The summed E-state index contributed by atoms with van der Waals surface area (Å²) in [5.74, 6) is 0.875. The van der Waals surface area contributed by atoms with Crippen molar-refractivity contribution in [1.29, 1.82) is 0 Å². The molecule has 1 aliphatic rings. The molecule has 1 aliphatic heterocycles. The van der Waals surface area contributed by atoms with Gasteiger partial charge in [-0.25, -0.2) is 0 Å². The quantitative estimate of drug-likeness (QED) is 0.931. The molecule has 112 valence electrons. The Bertz CT molecular complexity index is 493. The minimum Gasteiger partial charge on any atom is -0.497 e. The summed E-state index contributed by atoms with van der Waals surface area (Å²) in [6.07, 6.45) is 0.977. The Balaban J connectivity index is 0.00000200. The minimum absolute atomic E-state index is 0. The zero-order valence-corrected chi connectivity index (χ0v) is 13.1. The SMILES string of the molecule is COc1ccc(C(=O)N2CCC(C)(CN)C2)c(C)c1.Cl. The largest absolute Gasteiger partial charge is 0.497 e. The zero-order chi connectivity index (χ0) is 14.0. The summed E-state index contributed by atoms with van der Waals surface area (Å²) in [5, 5.41) is 0. The van der Waals surface area contributed by atoms with Crippen molar-refractivity contribution in [1.82, 2.24) is 4.90 Å². The molecule has 1 fully saturated rings. The molecule has 2 N–H and O–H groups in total. The lowest BCUT2D eigenvalue weighted by Gasteiger charge is -2.23. The Morgan fingerprint density at radius 1 is 1.50 bits per heavy atom. The van der Waals surface area contributed by atoms with Gasteiger partial charge in [0.1, 0.15) is 5.75 Å². The maximum atomic E-state index is 12.5. The van der Waals surface area contributed by atoms with Gasteiger partial charge in [-0.1, -0.05) is 6.92 Å². The molecule has 1 amide bonds. The van der Waals surface area contributed by atoms with Crippen LogP contribution in [-0.4, -0.2) is 37.6 Å². The van der Waals surface area contributed by atoms with E-state index >= 15 is 0 Å². The Morgan fingerprint density at radius 3 is 2.70 bits per heavy atom. The smallest absolute Gasteiger partial charge is 0.254 e. The lowest BCUT2D eigenvalue weighted by atomic mass is 9.90. The normalized spacial score (nSPS) is 21.5. The van der Waals surface area contributed by atoms with Gasteiger partial charge in [0, 0.05) is 18.7 Å². The van der Waals surface area contributed by atoms with Gasteiger partial charge < -0.3 is 15.4 Å². The van der Waals surface area contributed by atoms with E-state index in [1.807, 2.05) is 30.0 Å². The number of carbonyl (C=O) groups is 1. The number of carbonyl (C=O) groups excluding carboxylic acids is 1. The second-order valence-electron chi connectivity index (χ2n) is 5.67. The fourth-order valence-electron chi connectivity index (χ4n) is 2.54. The highest BCUT2D eigenvalue weighted by molar-refractivity contribution is 5.96. The van der Waals surface area contributed by atoms with Crippen LogP contribution in [0, 0.1) is 12.3 Å². The van der Waals surface area contributed by atoms with Gasteiger partial charge in [-0.3, -0.25) is 4.79 Å². The van der Waals surface area contributed by atoms with Gasteiger partial charge in [-0.15, -0.1) is 12.4 Å². The van der Waals surface area contributed by atoms with Gasteiger partial charge in [-0.2, -0.15) is 0 Å². The van der Waals surface area contributed by atoms with Crippen LogP contribution in [0.3, 0.4) is 0 Å². The zero-order valence-electron chi connectivity index (χ0n) is 12.3. The molecule has 0 aliphatic carbocycles. The number of hydrogen-bond donors (Lipinski definition) is 1. The van der Waals surface area contributed by atoms with Crippen LogP contribution in [0.5, 0.6) is 5.75 Å². The molecule has 20 heavy (non-hydrogen) atoms. The summed E-state index contributed by atoms with van der Waals surface area (Å²) in [6, 6.07) is 5.57. The van der Waals surface area contributed by atoms with E-state index in [1.54, 1.807) is 7.11 Å². The van der Waals surface area contributed by atoms with E-state index in [1.165, 1.54) is 0 Å². The first-order chi connectivity index (χ1) is 8.99. The van der Waals surface area contributed by atoms with Crippen molar-refractivity contribution in [2.24, 2.45) is 11.1 Å². The molecule has 2 rings (SSSR count). The summed E-state index contributed by atoms with van der Waals surface area (Å²) in [5.41, 5.74) is 7.55. The van der Waals surface area contributed by atoms with Crippen molar-refractivity contribution >= 4 is 18.3 Å². The highest BCUT2D eigenvalue weighted by atomic mass is 35.5. The highest BCUT2D eigenvalue weighted by Gasteiger charge is 2.35. The number of nitrogens with two attached hydrogens (primary N) is 1. The van der Waals surface area contributed by atoms with E-state index in [0.29, 0.717) is 6.54 Å². The van der Waals surface area contributed by atoms with Gasteiger partial charge in [0.15, 0.2) is 0 Å². The topological polar surface area (TPSA) is 55.6 Å².